The number of hydrogen-bond donors (Lipinski definition) is 0. The Kier molecular flexibility index (Phi) is 2.49. The Morgan fingerprint density at radius 2 is 2.31 bits per heavy atom. The smallest absolute Gasteiger partial charge is 0.0904 e. The Morgan fingerprint density at radius 3 is 3.08 bits per heavy atom. The van der Waals surface area contributed by atoms with Gasteiger partial charge < -0.3 is 0 Å². The second kappa shape index (κ2) is 3.62. The van der Waals surface area contributed by atoms with E-state index in [-0.39, 0.29) is 0 Å². The molecule has 0 aliphatic heterocycles. The van der Waals surface area contributed by atoms with Crippen molar-refractivity contribution in [3.63, 3.8) is 0 Å². The lowest BCUT2D eigenvalue weighted by Gasteiger charge is -2.10. The summed E-state index contributed by atoms with van der Waals surface area (Å²) in [7, 11) is 0. The second-order valence-corrected chi connectivity index (χ2v) is 4.88. The van der Waals surface area contributed by atoms with Crippen molar-refractivity contribution in [3.05, 3.63) is 21.2 Å². The van der Waals surface area contributed by atoms with Crippen molar-refractivity contribution in [1.29, 1.82) is 0 Å². The number of rotatable bonds is 2. The third kappa shape index (κ3) is 1.83. The van der Waals surface area contributed by atoms with Crippen molar-refractivity contribution >= 4 is 17.4 Å². The largest absolute Gasteiger partial charge is 0.242 e. The van der Waals surface area contributed by atoms with Crippen molar-refractivity contribution in [2.45, 2.75) is 39.5 Å². The standard InChI is InChI=1S/C11H15NS/c1-3-4-9-5-6-11-10(7-9)12-8(2)13-11/h7H,3-6H2,1-2H3. The Hall–Kier alpha value is -0.630. The fourth-order valence-electron chi connectivity index (χ4n) is 1.84. The van der Waals surface area contributed by atoms with E-state index in [1.807, 2.05) is 11.3 Å². The first-order valence-corrected chi connectivity index (χ1v) is 5.77. The van der Waals surface area contributed by atoms with Gasteiger partial charge in [-0.25, -0.2) is 4.98 Å². The van der Waals surface area contributed by atoms with Gasteiger partial charge in [-0.2, -0.15) is 0 Å². The van der Waals surface area contributed by atoms with Gasteiger partial charge in [0, 0.05) is 4.88 Å². The van der Waals surface area contributed by atoms with Crippen LogP contribution in [0.2, 0.25) is 0 Å². The maximum Gasteiger partial charge on any atom is 0.0904 e. The van der Waals surface area contributed by atoms with Gasteiger partial charge in [0.2, 0.25) is 0 Å². The van der Waals surface area contributed by atoms with E-state index in [1.54, 1.807) is 5.57 Å². The lowest BCUT2D eigenvalue weighted by atomic mass is 9.98. The van der Waals surface area contributed by atoms with Crippen LogP contribution in [-0.2, 0) is 6.42 Å². The van der Waals surface area contributed by atoms with Crippen LogP contribution in [0.4, 0.5) is 0 Å². The van der Waals surface area contributed by atoms with Crippen LogP contribution >= 0.6 is 11.3 Å². The predicted octanol–water partition coefficient (Wildman–Crippen LogP) is 3.58. The van der Waals surface area contributed by atoms with Crippen LogP contribution in [0.5, 0.6) is 0 Å². The number of allylic oxidation sites excluding steroid dienone is 1. The van der Waals surface area contributed by atoms with Gasteiger partial charge in [-0.3, -0.25) is 0 Å². The zero-order chi connectivity index (χ0) is 9.26. The number of aryl methyl sites for hydroxylation is 2. The predicted molar refractivity (Wildman–Crippen MR) is 58.1 cm³/mol. The molecular formula is C11H15NS. The average molecular weight is 193 g/mol. The van der Waals surface area contributed by atoms with E-state index in [1.165, 1.54) is 41.3 Å². The Labute approximate surface area is 83.5 Å². The molecule has 0 aromatic carbocycles. The molecule has 0 fully saturated rings. The zero-order valence-corrected chi connectivity index (χ0v) is 9.08. The first kappa shape index (κ1) is 8.95. The van der Waals surface area contributed by atoms with Crippen molar-refractivity contribution in [2.24, 2.45) is 0 Å². The molecule has 2 rings (SSSR count). The van der Waals surface area contributed by atoms with E-state index in [0.29, 0.717) is 0 Å². The summed E-state index contributed by atoms with van der Waals surface area (Å²) in [4.78, 5) is 6.01. The van der Waals surface area contributed by atoms with Crippen molar-refractivity contribution in [3.8, 4) is 0 Å². The van der Waals surface area contributed by atoms with Gasteiger partial charge >= 0.3 is 0 Å². The first-order chi connectivity index (χ1) is 6.29. The van der Waals surface area contributed by atoms with Crippen LogP contribution in [0.3, 0.4) is 0 Å². The summed E-state index contributed by atoms with van der Waals surface area (Å²) in [6.07, 6.45) is 7.27. The summed E-state index contributed by atoms with van der Waals surface area (Å²) in [6.45, 7) is 4.33. The minimum atomic E-state index is 1.21. The van der Waals surface area contributed by atoms with E-state index in [9.17, 15) is 0 Å². The minimum absolute atomic E-state index is 1.21. The number of hydrogen-bond acceptors (Lipinski definition) is 2. The van der Waals surface area contributed by atoms with Gasteiger partial charge in [-0.15, -0.1) is 11.3 Å². The third-order valence-corrected chi connectivity index (χ3v) is 3.47. The number of thiazole rings is 1. The molecule has 0 bridgehead atoms. The molecule has 1 aliphatic carbocycles. The molecule has 0 amide bonds. The van der Waals surface area contributed by atoms with Gasteiger partial charge in [0.25, 0.3) is 0 Å². The lowest BCUT2D eigenvalue weighted by molar-refractivity contribution is 0.818. The van der Waals surface area contributed by atoms with E-state index in [0.717, 1.165) is 0 Å². The van der Waals surface area contributed by atoms with Crippen LogP contribution in [0, 0.1) is 6.92 Å². The van der Waals surface area contributed by atoms with Crippen molar-refractivity contribution < 1.29 is 0 Å². The monoisotopic (exact) mass is 193 g/mol. The average Bonchev–Trinajstić information content (AvgIpc) is 2.44. The third-order valence-electron chi connectivity index (χ3n) is 2.42. The molecule has 0 saturated heterocycles. The van der Waals surface area contributed by atoms with E-state index < -0.39 is 0 Å². The summed E-state index contributed by atoms with van der Waals surface area (Å²) in [5, 5.41) is 1.21. The molecule has 1 nitrogen and oxygen atoms in total. The molecule has 0 saturated carbocycles. The maximum absolute atomic E-state index is 4.53. The Morgan fingerprint density at radius 1 is 1.46 bits per heavy atom. The molecule has 0 spiro atoms. The molecular weight excluding hydrogens is 178 g/mol. The normalized spacial score (nSPS) is 15.4. The van der Waals surface area contributed by atoms with Gasteiger partial charge in [0.05, 0.1) is 10.7 Å². The quantitative estimate of drug-likeness (QED) is 0.699. The SMILES string of the molecule is CCCC1=Cc2nc(C)sc2CC1. The van der Waals surface area contributed by atoms with Crippen molar-refractivity contribution in [2.75, 3.05) is 0 Å². The summed E-state index contributed by atoms with van der Waals surface area (Å²) < 4.78 is 0. The highest BCUT2D eigenvalue weighted by Gasteiger charge is 2.13. The molecule has 1 aromatic heterocycles. The van der Waals surface area contributed by atoms with Crippen LogP contribution in [0.1, 0.15) is 41.8 Å². The fraction of sp³-hybridized carbons (Fsp3) is 0.545. The van der Waals surface area contributed by atoms with Gasteiger partial charge in [-0.05, 0) is 32.3 Å². The summed E-state index contributed by atoms with van der Waals surface area (Å²) in [6, 6.07) is 0. The number of nitrogens with zero attached hydrogens (tertiary/aromatic N) is 1. The van der Waals surface area contributed by atoms with Crippen molar-refractivity contribution in [1.82, 2.24) is 4.98 Å². The lowest BCUT2D eigenvalue weighted by Crippen LogP contribution is -1.96. The molecule has 70 valence electrons. The topological polar surface area (TPSA) is 12.9 Å². The highest BCUT2D eigenvalue weighted by Crippen LogP contribution is 2.29. The molecule has 13 heavy (non-hydrogen) atoms. The van der Waals surface area contributed by atoms with E-state index in [4.69, 9.17) is 0 Å². The highest BCUT2D eigenvalue weighted by molar-refractivity contribution is 7.11. The summed E-state index contributed by atoms with van der Waals surface area (Å²) >= 11 is 1.85. The van der Waals surface area contributed by atoms with Gasteiger partial charge in [-0.1, -0.05) is 18.9 Å². The maximum atomic E-state index is 4.53. The van der Waals surface area contributed by atoms with Crippen LogP contribution in [0.15, 0.2) is 5.57 Å². The van der Waals surface area contributed by atoms with Gasteiger partial charge in [0.15, 0.2) is 0 Å². The summed E-state index contributed by atoms with van der Waals surface area (Å²) in [5.74, 6) is 0. The molecule has 0 radical (unpaired) electrons. The first-order valence-electron chi connectivity index (χ1n) is 4.95. The highest BCUT2D eigenvalue weighted by atomic mass is 32.1. The molecule has 2 heteroatoms. The number of fused-ring (bicyclic) bond motifs is 1. The Balaban J connectivity index is 2.27. The molecule has 1 heterocycles. The number of aromatic nitrogens is 1. The van der Waals surface area contributed by atoms with E-state index >= 15 is 0 Å². The minimum Gasteiger partial charge on any atom is -0.242 e. The van der Waals surface area contributed by atoms with Crippen LogP contribution in [0.25, 0.3) is 6.08 Å². The molecule has 1 aromatic rings. The van der Waals surface area contributed by atoms with E-state index in [2.05, 4.69) is 24.9 Å². The van der Waals surface area contributed by atoms with Gasteiger partial charge in [0.1, 0.15) is 0 Å². The Bertz CT molecular complexity index is 336. The zero-order valence-electron chi connectivity index (χ0n) is 8.26. The summed E-state index contributed by atoms with van der Waals surface area (Å²) in [5.41, 5.74) is 2.83. The second-order valence-electron chi connectivity index (χ2n) is 3.59. The fourth-order valence-corrected chi connectivity index (χ4v) is 2.75. The van der Waals surface area contributed by atoms with Crippen LogP contribution in [-0.4, -0.2) is 4.98 Å². The van der Waals surface area contributed by atoms with Crippen LogP contribution < -0.4 is 0 Å². The molecule has 0 atom stereocenters. The molecule has 0 unspecified atom stereocenters. The molecule has 0 N–H and O–H groups in total. The molecule has 1 aliphatic rings.